The molecule has 0 saturated heterocycles. The van der Waals surface area contributed by atoms with Gasteiger partial charge in [0.2, 0.25) is 0 Å². The fraction of sp³-hybridized carbons (Fsp3) is 0.692. The van der Waals surface area contributed by atoms with E-state index in [9.17, 15) is 19.2 Å². The van der Waals surface area contributed by atoms with Gasteiger partial charge in [-0.1, -0.05) is 52.4 Å². The number of carbonyl (C=O) groups is 4. The molecule has 0 aliphatic carbocycles. The topological polar surface area (TPSA) is 86.7 Å². The van der Waals surface area contributed by atoms with E-state index in [1.807, 2.05) is 20.8 Å². The Labute approximate surface area is 223 Å². The highest BCUT2D eigenvalue weighted by molar-refractivity contribution is 9.09. The molecule has 0 spiro atoms. The van der Waals surface area contributed by atoms with Crippen molar-refractivity contribution in [3.05, 3.63) is 24.3 Å². The van der Waals surface area contributed by atoms with Gasteiger partial charge in [-0.3, -0.25) is 0 Å². The van der Waals surface area contributed by atoms with Crippen LogP contribution < -0.4 is 0 Å². The number of alkyl halides is 2. The second-order valence-electron chi connectivity index (χ2n) is 8.70. The molecule has 0 aromatic rings. The molecule has 0 N–H and O–H groups in total. The zero-order valence-electron chi connectivity index (χ0n) is 20.8. The molecule has 0 heterocycles. The van der Waals surface area contributed by atoms with Crippen molar-refractivity contribution in [2.24, 2.45) is 0 Å². The predicted octanol–water partition coefficient (Wildman–Crippen LogP) is 7.06. The third-order valence-corrected chi connectivity index (χ3v) is 5.88. The van der Waals surface area contributed by atoms with Gasteiger partial charge < -0.3 is 19.1 Å². The van der Waals surface area contributed by atoms with Crippen molar-refractivity contribution in [3.8, 4) is 0 Å². The van der Waals surface area contributed by atoms with Crippen LogP contribution in [0.3, 0.4) is 0 Å². The second-order valence-corrected chi connectivity index (χ2v) is 9.82. The van der Waals surface area contributed by atoms with Crippen LogP contribution in [0.2, 0.25) is 0 Å². The number of esters is 2. The van der Waals surface area contributed by atoms with Gasteiger partial charge in [-0.25, -0.2) is 9.59 Å². The predicted molar refractivity (Wildman–Crippen MR) is 147 cm³/mol. The normalized spacial score (nSPS) is 11.1. The van der Waals surface area contributed by atoms with E-state index in [1.54, 1.807) is 13.8 Å². The molecule has 6 nitrogen and oxygen atoms in total. The lowest BCUT2D eigenvalue weighted by molar-refractivity contribution is -0.152. The lowest BCUT2D eigenvalue weighted by Crippen LogP contribution is -2.28. The van der Waals surface area contributed by atoms with Gasteiger partial charge in [0, 0.05) is 34.6 Å². The SMILES string of the molecule is C.C=C(CBr)C(=O)OC(C)(C)CCCCC(C)=O.C=C(CBr)C(=O)OC(C)CCCCC(C)=O. The van der Waals surface area contributed by atoms with Crippen LogP contribution in [-0.4, -0.2) is 45.9 Å². The van der Waals surface area contributed by atoms with Crippen LogP contribution in [0.15, 0.2) is 24.3 Å². The number of carbonyl (C=O) groups excluding carboxylic acids is 4. The van der Waals surface area contributed by atoms with Crippen LogP contribution >= 0.6 is 31.9 Å². The summed E-state index contributed by atoms with van der Waals surface area (Å²) in [5, 5.41) is 0.856. The van der Waals surface area contributed by atoms with Gasteiger partial charge in [0.15, 0.2) is 0 Å². The molecular formula is C26H44Br2O6. The number of hydrogen-bond acceptors (Lipinski definition) is 6. The first-order valence-corrected chi connectivity index (χ1v) is 13.4. The minimum absolute atomic E-state index is 0. The number of unbranched alkanes of at least 4 members (excludes halogenated alkanes) is 2. The molecule has 1 unspecified atom stereocenters. The highest BCUT2D eigenvalue weighted by Crippen LogP contribution is 2.20. The van der Waals surface area contributed by atoms with Gasteiger partial charge in [0.25, 0.3) is 0 Å². The average Bonchev–Trinajstić information content (AvgIpc) is 2.72. The Morgan fingerprint density at radius 2 is 1.26 bits per heavy atom. The Balaban J connectivity index is -0.000000550. The minimum atomic E-state index is -0.501. The van der Waals surface area contributed by atoms with E-state index in [4.69, 9.17) is 9.47 Å². The van der Waals surface area contributed by atoms with Gasteiger partial charge in [-0.15, -0.1) is 0 Å². The maximum absolute atomic E-state index is 11.5. The van der Waals surface area contributed by atoms with Crippen LogP contribution in [0, 0.1) is 0 Å². The summed E-state index contributed by atoms with van der Waals surface area (Å²) in [4.78, 5) is 44.3. The summed E-state index contributed by atoms with van der Waals surface area (Å²) < 4.78 is 10.5. The average molecular weight is 612 g/mol. The lowest BCUT2D eigenvalue weighted by atomic mass is 9.99. The number of Topliss-reactive ketones (excluding diaryl/α,β-unsaturated/α-hetero) is 2. The van der Waals surface area contributed by atoms with Crippen molar-refractivity contribution < 1.29 is 28.7 Å². The molecule has 0 amide bonds. The summed E-state index contributed by atoms with van der Waals surface area (Å²) in [6, 6.07) is 0. The first-order chi connectivity index (χ1) is 15.3. The smallest absolute Gasteiger partial charge is 0.334 e. The molecule has 0 aliphatic heterocycles. The first-order valence-electron chi connectivity index (χ1n) is 11.2. The van der Waals surface area contributed by atoms with E-state index >= 15 is 0 Å². The van der Waals surface area contributed by atoms with Crippen LogP contribution in [0.25, 0.3) is 0 Å². The minimum Gasteiger partial charge on any atom is -0.459 e. The molecule has 0 radical (unpaired) electrons. The lowest BCUT2D eigenvalue weighted by Gasteiger charge is -2.25. The summed E-state index contributed by atoms with van der Waals surface area (Å²) in [6.45, 7) is 16.0. The first kappa shape index (κ1) is 37.3. The summed E-state index contributed by atoms with van der Waals surface area (Å²) in [7, 11) is 0. The fourth-order valence-electron chi connectivity index (χ4n) is 2.54. The molecule has 0 aliphatic rings. The van der Waals surface area contributed by atoms with Gasteiger partial charge in [0.05, 0.1) is 6.10 Å². The molecule has 1 atom stereocenters. The monoisotopic (exact) mass is 610 g/mol. The number of hydrogen-bond donors (Lipinski definition) is 0. The molecule has 0 bridgehead atoms. The summed E-state index contributed by atoms with van der Waals surface area (Å²) in [6.07, 6.45) is 6.10. The van der Waals surface area contributed by atoms with Gasteiger partial charge in [0.1, 0.15) is 17.2 Å². The third kappa shape index (κ3) is 22.5. The Bertz CT molecular complexity index is 670. The Hall–Kier alpha value is -1.28. The fourth-order valence-corrected chi connectivity index (χ4v) is 3.00. The zero-order chi connectivity index (χ0) is 26.0. The number of halogens is 2. The largest absolute Gasteiger partial charge is 0.459 e. The summed E-state index contributed by atoms with van der Waals surface area (Å²) in [5.41, 5.74) is 0.344. The Kier molecular flexibility index (Phi) is 23.1. The van der Waals surface area contributed by atoms with Crippen LogP contribution in [0.1, 0.15) is 93.4 Å². The molecule has 8 heteroatoms. The summed E-state index contributed by atoms with van der Waals surface area (Å²) >= 11 is 6.31. The van der Waals surface area contributed by atoms with Crippen molar-refractivity contribution in [1.29, 1.82) is 0 Å². The van der Waals surface area contributed by atoms with Crippen LogP contribution in [-0.2, 0) is 28.7 Å². The van der Waals surface area contributed by atoms with E-state index in [-0.39, 0.29) is 37.0 Å². The standard InChI is InChI=1S/C13H21BrO3.C12H19BrO3.CH4/c1-10(9-14)12(16)17-13(3,4)8-6-5-7-11(2)15;1-9(8-13)12(15)16-11(3)7-5-4-6-10(2)14;/h1,5-9H2,2-4H3;11H,1,4-8H2,2-3H3;1H4. The molecule has 0 rings (SSSR count). The van der Waals surface area contributed by atoms with E-state index in [2.05, 4.69) is 45.0 Å². The molecule has 0 fully saturated rings. The van der Waals surface area contributed by atoms with Crippen LogP contribution in [0.4, 0.5) is 0 Å². The quantitative estimate of drug-likeness (QED) is 0.0803. The highest BCUT2D eigenvalue weighted by Gasteiger charge is 2.23. The number of ether oxygens (including phenoxy) is 2. The number of rotatable bonds is 16. The van der Waals surface area contributed by atoms with E-state index in [0.29, 0.717) is 34.6 Å². The molecular weight excluding hydrogens is 568 g/mol. The molecule has 198 valence electrons. The molecule has 0 aromatic carbocycles. The molecule has 0 aromatic heterocycles. The maximum Gasteiger partial charge on any atom is 0.334 e. The van der Waals surface area contributed by atoms with Crippen molar-refractivity contribution >= 4 is 55.4 Å². The highest BCUT2D eigenvalue weighted by atomic mass is 79.9. The van der Waals surface area contributed by atoms with Gasteiger partial charge in [-0.2, -0.15) is 0 Å². The molecule has 0 saturated carbocycles. The van der Waals surface area contributed by atoms with E-state index in [1.165, 1.54) is 0 Å². The van der Waals surface area contributed by atoms with Crippen molar-refractivity contribution in [2.45, 2.75) is 105 Å². The van der Waals surface area contributed by atoms with Crippen LogP contribution in [0.5, 0.6) is 0 Å². The van der Waals surface area contributed by atoms with Crippen molar-refractivity contribution in [1.82, 2.24) is 0 Å². The van der Waals surface area contributed by atoms with Crippen molar-refractivity contribution in [3.63, 3.8) is 0 Å². The van der Waals surface area contributed by atoms with E-state index in [0.717, 1.165) is 38.5 Å². The molecule has 34 heavy (non-hydrogen) atoms. The Morgan fingerprint density at radius 3 is 1.71 bits per heavy atom. The Morgan fingerprint density at radius 1 is 0.824 bits per heavy atom. The maximum atomic E-state index is 11.5. The van der Waals surface area contributed by atoms with Gasteiger partial charge >= 0.3 is 11.9 Å². The van der Waals surface area contributed by atoms with Crippen molar-refractivity contribution in [2.75, 3.05) is 10.7 Å². The number of ketones is 2. The zero-order valence-corrected chi connectivity index (χ0v) is 23.9. The summed E-state index contributed by atoms with van der Waals surface area (Å²) in [5.74, 6) is -0.306. The second kappa shape index (κ2) is 21.0. The van der Waals surface area contributed by atoms with Gasteiger partial charge in [-0.05, 0) is 73.1 Å². The van der Waals surface area contributed by atoms with E-state index < -0.39 is 5.60 Å². The third-order valence-electron chi connectivity index (χ3n) is 4.52.